The number of carboxylic acid groups (broad SMARTS) is 1. The van der Waals surface area contributed by atoms with Crippen molar-refractivity contribution < 1.29 is 27.9 Å². The zero-order valence-electron chi connectivity index (χ0n) is 14.9. The molecule has 27 heavy (non-hydrogen) atoms. The third-order valence-electron chi connectivity index (χ3n) is 4.22. The van der Waals surface area contributed by atoms with E-state index in [1.54, 1.807) is 0 Å². The zero-order chi connectivity index (χ0) is 19.8. The van der Waals surface area contributed by atoms with Crippen molar-refractivity contribution in [3.8, 4) is 0 Å². The van der Waals surface area contributed by atoms with Gasteiger partial charge in [-0.2, -0.15) is 4.99 Å². The lowest BCUT2D eigenvalue weighted by atomic mass is 10.1. The quantitative estimate of drug-likeness (QED) is 0.762. The molecule has 0 radical (unpaired) electrons. The van der Waals surface area contributed by atoms with E-state index in [1.807, 2.05) is 36.9 Å². The number of ether oxygens (including phenoxy) is 1. The number of nitrogens with zero attached hydrogens (tertiary/aromatic N) is 2. The number of sulfone groups is 1. The van der Waals surface area contributed by atoms with Crippen LogP contribution in [0.1, 0.15) is 11.1 Å². The number of thioether (sulfide) groups is 1. The molecule has 2 unspecified atom stereocenters. The van der Waals surface area contributed by atoms with Crippen LogP contribution in [-0.2, 0) is 24.2 Å². The number of anilines is 1. The van der Waals surface area contributed by atoms with Gasteiger partial charge in [0.2, 0.25) is 0 Å². The normalized spacial score (nSPS) is 25.0. The van der Waals surface area contributed by atoms with Gasteiger partial charge in [-0.1, -0.05) is 17.8 Å². The number of hydrogen-bond donors (Lipinski definition) is 1. The summed E-state index contributed by atoms with van der Waals surface area (Å²) >= 11 is 1.27. The van der Waals surface area contributed by atoms with E-state index in [2.05, 4.69) is 4.99 Å². The number of aliphatic imine (C=N–C) groups is 1. The number of fused-ring (bicyclic) bond motifs is 1. The molecule has 2 aliphatic rings. The number of hydrogen-bond acceptors (Lipinski definition) is 6. The van der Waals surface area contributed by atoms with E-state index in [9.17, 15) is 18.0 Å². The van der Waals surface area contributed by atoms with Crippen molar-refractivity contribution in [3.05, 3.63) is 29.3 Å². The minimum absolute atomic E-state index is 0.0143. The first kappa shape index (κ1) is 19.8. The summed E-state index contributed by atoms with van der Waals surface area (Å²) in [6, 6.07) is 5.59. The number of benzene rings is 1. The van der Waals surface area contributed by atoms with Crippen LogP contribution in [0.3, 0.4) is 0 Å². The Labute approximate surface area is 161 Å². The molecule has 2 heterocycles. The largest absolute Gasteiger partial charge is 0.480 e. The van der Waals surface area contributed by atoms with Crippen LogP contribution in [0.4, 0.5) is 5.69 Å². The summed E-state index contributed by atoms with van der Waals surface area (Å²) in [5, 5.41) is 8.80. The van der Waals surface area contributed by atoms with Crippen LogP contribution in [0, 0.1) is 13.8 Å². The monoisotopic (exact) mass is 412 g/mol. The Bertz CT molecular complexity index is 892. The van der Waals surface area contributed by atoms with E-state index in [-0.39, 0.29) is 22.8 Å². The summed E-state index contributed by atoms with van der Waals surface area (Å²) in [5.74, 6) is -1.70. The Morgan fingerprint density at radius 2 is 1.89 bits per heavy atom. The molecule has 2 fully saturated rings. The molecule has 2 atom stereocenters. The fourth-order valence-corrected chi connectivity index (χ4v) is 7.25. The highest BCUT2D eigenvalue weighted by atomic mass is 32.2. The lowest BCUT2D eigenvalue weighted by molar-refractivity contribution is -0.143. The molecular weight excluding hydrogens is 392 g/mol. The Kier molecular flexibility index (Phi) is 5.59. The molecular formula is C17H20N2O6S2. The number of aryl methyl sites for hydroxylation is 2. The van der Waals surface area contributed by atoms with E-state index in [4.69, 9.17) is 9.84 Å². The molecule has 146 valence electrons. The second-order valence-corrected chi connectivity index (χ2v) is 10.1. The van der Waals surface area contributed by atoms with Gasteiger partial charge in [0, 0.05) is 10.9 Å². The molecule has 0 spiro atoms. The van der Waals surface area contributed by atoms with E-state index >= 15 is 0 Å². The smallest absolute Gasteiger partial charge is 0.329 e. The Balaban J connectivity index is 1.89. The van der Waals surface area contributed by atoms with Crippen molar-refractivity contribution in [2.75, 3.05) is 29.6 Å². The molecule has 1 amide bonds. The molecule has 10 heteroatoms. The highest BCUT2D eigenvalue weighted by Gasteiger charge is 2.49. The van der Waals surface area contributed by atoms with Gasteiger partial charge in [-0.15, -0.1) is 0 Å². The summed E-state index contributed by atoms with van der Waals surface area (Å²) in [7, 11) is -3.13. The van der Waals surface area contributed by atoms with Gasteiger partial charge >= 0.3 is 5.97 Å². The first-order chi connectivity index (χ1) is 12.6. The van der Waals surface area contributed by atoms with Gasteiger partial charge in [-0.3, -0.25) is 4.79 Å². The number of rotatable bonds is 5. The van der Waals surface area contributed by atoms with Crippen molar-refractivity contribution in [3.63, 3.8) is 0 Å². The summed E-state index contributed by atoms with van der Waals surface area (Å²) in [5.41, 5.74) is 2.84. The Morgan fingerprint density at radius 3 is 2.52 bits per heavy atom. The van der Waals surface area contributed by atoms with Crippen molar-refractivity contribution in [1.29, 1.82) is 0 Å². The maximum Gasteiger partial charge on any atom is 0.329 e. The van der Waals surface area contributed by atoms with Crippen LogP contribution in [-0.4, -0.2) is 66.6 Å². The van der Waals surface area contributed by atoms with Crippen LogP contribution in [0.25, 0.3) is 0 Å². The molecule has 1 aromatic rings. The standard InChI is InChI=1S/C17H20N2O6S2/c1-10-3-11(2)5-12(4-10)19-13-8-27(23,24)9-14(13)26-17(19)18-15(20)6-25-7-16(21)22/h3-5,13-14H,6-9H2,1-2H3,(H,21,22). The average molecular weight is 412 g/mol. The van der Waals surface area contributed by atoms with Crippen molar-refractivity contribution >= 4 is 44.3 Å². The van der Waals surface area contributed by atoms with Gasteiger partial charge in [-0.25, -0.2) is 13.2 Å². The highest BCUT2D eigenvalue weighted by molar-refractivity contribution is 8.16. The number of carbonyl (C=O) groups is 2. The predicted octanol–water partition coefficient (Wildman–Crippen LogP) is 1.01. The van der Waals surface area contributed by atoms with Gasteiger partial charge in [-0.05, 0) is 37.1 Å². The number of amides is 1. The van der Waals surface area contributed by atoms with Gasteiger partial charge in [0.1, 0.15) is 13.2 Å². The molecule has 8 nitrogen and oxygen atoms in total. The maximum atomic E-state index is 12.1. The van der Waals surface area contributed by atoms with E-state index < -0.39 is 34.9 Å². The summed E-state index contributed by atoms with van der Waals surface area (Å²) in [6.07, 6.45) is 0. The number of carboxylic acids is 1. The van der Waals surface area contributed by atoms with E-state index in [0.717, 1.165) is 16.8 Å². The molecule has 2 aliphatic heterocycles. The Hall–Kier alpha value is -1.91. The molecule has 1 aromatic carbocycles. The molecule has 0 aromatic heterocycles. The summed E-state index contributed by atoms with van der Waals surface area (Å²) < 4.78 is 28.9. The number of carbonyl (C=O) groups excluding carboxylic acids is 1. The zero-order valence-corrected chi connectivity index (χ0v) is 16.5. The first-order valence-electron chi connectivity index (χ1n) is 8.30. The average Bonchev–Trinajstić information content (AvgIpc) is 2.96. The van der Waals surface area contributed by atoms with Crippen LogP contribution in [0.15, 0.2) is 23.2 Å². The second kappa shape index (κ2) is 7.61. The molecule has 0 aliphatic carbocycles. The molecule has 0 saturated carbocycles. The van der Waals surface area contributed by atoms with E-state index in [0.29, 0.717) is 5.17 Å². The molecule has 2 saturated heterocycles. The maximum absolute atomic E-state index is 12.1. The van der Waals surface area contributed by atoms with Crippen molar-refractivity contribution in [1.82, 2.24) is 0 Å². The van der Waals surface area contributed by atoms with Crippen LogP contribution < -0.4 is 4.90 Å². The predicted molar refractivity (Wildman–Crippen MR) is 103 cm³/mol. The summed E-state index contributed by atoms with van der Waals surface area (Å²) in [4.78, 5) is 28.4. The van der Waals surface area contributed by atoms with Gasteiger partial charge in [0.25, 0.3) is 5.91 Å². The Morgan fingerprint density at radius 1 is 1.22 bits per heavy atom. The van der Waals surface area contributed by atoms with E-state index in [1.165, 1.54) is 11.8 Å². The van der Waals surface area contributed by atoms with Crippen molar-refractivity contribution in [2.24, 2.45) is 4.99 Å². The van der Waals surface area contributed by atoms with Crippen LogP contribution in [0.2, 0.25) is 0 Å². The minimum atomic E-state index is -3.13. The third-order valence-corrected chi connectivity index (χ3v) is 7.43. The lowest BCUT2D eigenvalue weighted by Gasteiger charge is -2.25. The molecule has 3 rings (SSSR count). The van der Waals surface area contributed by atoms with Crippen LogP contribution >= 0.6 is 11.8 Å². The minimum Gasteiger partial charge on any atom is -0.480 e. The molecule has 1 N–H and O–H groups in total. The fourth-order valence-electron chi connectivity index (χ4n) is 3.32. The van der Waals surface area contributed by atoms with Gasteiger partial charge in [0.15, 0.2) is 15.0 Å². The lowest BCUT2D eigenvalue weighted by Crippen LogP contribution is -2.38. The first-order valence-corrected chi connectivity index (χ1v) is 11.0. The molecule has 0 bridgehead atoms. The van der Waals surface area contributed by atoms with Crippen LogP contribution in [0.5, 0.6) is 0 Å². The fraction of sp³-hybridized carbons (Fsp3) is 0.471. The summed E-state index contributed by atoms with van der Waals surface area (Å²) in [6.45, 7) is 2.88. The van der Waals surface area contributed by atoms with Crippen molar-refractivity contribution in [2.45, 2.75) is 25.1 Å². The number of aliphatic carboxylic acids is 1. The SMILES string of the molecule is Cc1cc(C)cc(N2C(=NC(=O)COCC(=O)O)SC3CS(=O)(=O)CC32)c1. The van der Waals surface area contributed by atoms with Gasteiger partial charge in [0.05, 0.1) is 17.5 Å². The number of amidine groups is 1. The topological polar surface area (TPSA) is 113 Å². The van der Waals surface area contributed by atoms with Gasteiger partial charge < -0.3 is 14.7 Å². The second-order valence-electron chi connectivity index (χ2n) is 6.69. The highest BCUT2D eigenvalue weighted by Crippen LogP contribution is 2.41. The third kappa shape index (κ3) is 4.69.